The van der Waals surface area contributed by atoms with E-state index in [1.165, 1.54) is 4.90 Å². The second-order valence-corrected chi connectivity index (χ2v) is 5.73. The topological polar surface area (TPSA) is 46.6 Å². The summed E-state index contributed by atoms with van der Waals surface area (Å²) >= 11 is 3.28. The Hall–Kier alpha value is -1.62. The lowest BCUT2D eigenvalue weighted by molar-refractivity contribution is -0.128. The minimum atomic E-state index is -0.565. The van der Waals surface area contributed by atoms with Gasteiger partial charge in [-0.2, -0.15) is 0 Å². The van der Waals surface area contributed by atoms with E-state index in [2.05, 4.69) is 22.5 Å². The molecule has 1 saturated heterocycles. The molecule has 1 aliphatic heterocycles. The molecule has 1 aromatic rings. The molecule has 2 atom stereocenters. The third-order valence-corrected chi connectivity index (χ3v) is 3.92. The summed E-state index contributed by atoms with van der Waals surface area (Å²) in [6.07, 6.45) is 2.15. The molecule has 2 amide bonds. The fraction of sp³-hybridized carbons (Fsp3) is 0.333. The SMILES string of the molecule is C=CC[C@H](Br)C(=O)N1C(=O)OC[C@@H]1Cc1ccccc1. The summed E-state index contributed by atoms with van der Waals surface area (Å²) < 4.78 is 5.02. The smallest absolute Gasteiger partial charge is 0.417 e. The van der Waals surface area contributed by atoms with Crippen LogP contribution in [-0.4, -0.2) is 34.4 Å². The van der Waals surface area contributed by atoms with Crippen molar-refractivity contribution in [2.45, 2.75) is 23.7 Å². The second kappa shape index (κ2) is 6.70. The highest BCUT2D eigenvalue weighted by Gasteiger charge is 2.39. The Bertz CT molecular complexity index is 503. The maximum atomic E-state index is 12.3. The van der Waals surface area contributed by atoms with Gasteiger partial charge in [-0.05, 0) is 18.4 Å². The van der Waals surface area contributed by atoms with Gasteiger partial charge in [0.1, 0.15) is 6.61 Å². The molecule has 1 aliphatic rings. The summed E-state index contributed by atoms with van der Waals surface area (Å²) in [6, 6.07) is 9.50. The minimum Gasteiger partial charge on any atom is -0.447 e. The van der Waals surface area contributed by atoms with Crippen molar-refractivity contribution in [1.82, 2.24) is 4.90 Å². The summed E-state index contributed by atoms with van der Waals surface area (Å²) in [7, 11) is 0. The van der Waals surface area contributed by atoms with E-state index in [4.69, 9.17) is 4.74 Å². The Morgan fingerprint density at radius 1 is 1.50 bits per heavy atom. The van der Waals surface area contributed by atoms with E-state index in [1.54, 1.807) is 6.08 Å². The summed E-state index contributed by atoms with van der Waals surface area (Å²) in [5, 5.41) is 0. The van der Waals surface area contributed by atoms with Crippen LogP contribution in [0.15, 0.2) is 43.0 Å². The van der Waals surface area contributed by atoms with Crippen LogP contribution in [0.1, 0.15) is 12.0 Å². The molecule has 0 spiro atoms. The van der Waals surface area contributed by atoms with E-state index in [9.17, 15) is 9.59 Å². The molecule has 0 aliphatic carbocycles. The molecule has 106 valence electrons. The minimum absolute atomic E-state index is 0.243. The van der Waals surface area contributed by atoms with Crippen LogP contribution in [0.4, 0.5) is 4.79 Å². The normalized spacial score (nSPS) is 19.6. The van der Waals surface area contributed by atoms with E-state index < -0.39 is 10.9 Å². The van der Waals surface area contributed by atoms with Gasteiger partial charge in [-0.1, -0.05) is 52.3 Å². The van der Waals surface area contributed by atoms with Gasteiger partial charge in [-0.25, -0.2) is 9.69 Å². The van der Waals surface area contributed by atoms with Crippen LogP contribution >= 0.6 is 15.9 Å². The number of benzene rings is 1. The first-order valence-electron chi connectivity index (χ1n) is 6.42. The van der Waals surface area contributed by atoms with Crippen molar-refractivity contribution >= 4 is 27.9 Å². The molecule has 1 fully saturated rings. The Morgan fingerprint density at radius 2 is 2.20 bits per heavy atom. The van der Waals surface area contributed by atoms with Crippen LogP contribution in [0.5, 0.6) is 0 Å². The first-order valence-corrected chi connectivity index (χ1v) is 7.33. The van der Waals surface area contributed by atoms with Crippen molar-refractivity contribution in [3.8, 4) is 0 Å². The van der Waals surface area contributed by atoms with Gasteiger partial charge in [0.2, 0.25) is 5.91 Å². The third kappa shape index (κ3) is 3.28. The molecule has 0 aromatic heterocycles. The average molecular weight is 338 g/mol. The monoisotopic (exact) mass is 337 g/mol. The first kappa shape index (κ1) is 14.8. The fourth-order valence-corrected chi connectivity index (χ4v) is 2.65. The number of hydrogen-bond acceptors (Lipinski definition) is 3. The Morgan fingerprint density at radius 3 is 2.85 bits per heavy atom. The molecular formula is C15H16BrNO3. The summed E-state index contributed by atoms with van der Waals surface area (Å²) in [6.45, 7) is 3.84. The summed E-state index contributed by atoms with van der Waals surface area (Å²) in [5.74, 6) is -0.270. The van der Waals surface area contributed by atoms with E-state index >= 15 is 0 Å². The van der Waals surface area contributed by atoms with Gasteiger partial charge in [0, 0.05) is 0 Å². The molecule has 0 saturated carbocycles. The van der Waals surface area contributed by atoms with Crippen LogP contribution in [0.3, 0.4) is 0 Å². The predicted molar refractivity (Wildman–Crippen MR) is 79.7 cm³/mol. The fourth-order valence-electron chi connectivity index (χ4n) is 2.16. The second-order valence-electron chi connectivity index (χ2n) is 4.62. The molecular weight excluding hydrogens is 322 g/mol. The molecule has 2 rings (SSSR count). The van der Waals surface area contributed by atoms with Crippen LogP contribution in [-0.2, 0) is 16.0 Å². The number of nitrogens with zero attached hydrogens (tertiary/aromatic N) is 1. The largest absolute Gasteiger partial charge is 0.447 e. The number of ether oxygens (including phenoxy) is 1. The van der Waals surface area contributed by atoms with E-state index in [0.717, 1.165) is 5.56 Å². The maximum absolute atomic E-state index is 12.3. The van der Waals surface area contributed by atoms with Crippen LogP contribution in [0.2, 0.25) is 0 Å². The Labute approximate surface area is 126 Å². The number of imide groups is 1. The maximum Gasteiger partial charge on any atom is 0.417 e. The molecule has 1 heterocycles. The molecule has 1 aromatic carbocycles. The zero-order chi connectivity index (χ0) is 14.5. The highest BCUT2D eigenvalue weighted by atomic mass is 79.9. The first-order chi connectivity index (χ1) is 9.63. The predicted octanol–water partition coefficient (Wildman–Crippen LogP) is 2.92. The van der Waals surface area contributed by atoms with E-state index in [-0.39, 0.29) is 18.6 Å². The zero-order valence-corrected chi connectivity index (χ0v) is 12.6. The Balaban J connectivity index is 2.10. The van der Waals surface area contributed by atoms with Gasteiger partial charge >= 0.3 is 6.09 Å². The number of alkyl halides is 1. The summed E-state index contributed by atoms with van der Waals surface area (Å²) in [4.78, 5) is 24.8. The molecule has 20 heavy (non-hydrogen) atoms. The van der Waals surface area contributed by atoms with Crippen molar-refractivity contribution in [3.05, 3.63) is 48.6 Å². The number of halogens is 1. The lowest BCUT2D eigenvalue weighted by Crippen LogP contribution is -2.43. The number of carbonyl (C=O) groups excluding carboxylic acids is 2. The van der Waals surface area contributed by atoms with Crippen molar-refractivity contribution in [2.75, 3.05) is 6.61 Å². The van der Waals surface area contributed by atoms with Crippen molar-refractivity contribution in [1.29, 1.82) is 0 Å². The van der Waals surface area contributed by atoms with Gasteiger partial charge in [-0.3, -0.25) is 4.79 Å². The van der Waals surface area contributed by atoms with Crippen LogP contribution < -0.4 is 0 Å². The molecule has 0 unspecified atom stereocenters. The van der Waals surface area contributed by atoms with E-state index in [0.29, 0.717) is 12.8 Å². The number of amides is 2. The van der Waals surface area contributed by atoms with Crippen molar-refractivity contribution < 1.29 is 14.3 Å². The number of hydrogen-bond donors (Lipinski definition) is 0. The molecule has 0 bridgehead atoms. The highest BCUT2D eigenvalue weighted by molar-refractivity contribution is 9.10. The van der Waals surface area contributed by atoms with Gasteiger partial charge in [0.15, 0.2) is 0 Å². The molecule has 5 heteroatoms. The summed E-state index contributed by atoms with van der Waals surface area (Å²) in [5.41, 5.74) is 1.07. The number of allylic oxidation sites excluding steroid dienone is 1. The van der Waals surface area contributed by atoms with E-state index in [1.807, 2.05) is 30.3 Å². The van der Waals surface area contributed by atoms with Gasteiger partial charge in [0.05, 0.1) is 10.9 Å². The van der Waals surface area contributed by atoms with Crippen LogP contribution in [0.25, 0.3) is 0 Å². The zero-order valence-electron chi connectivity index (χ0n) is 11.0. The molecule has 4 nitrogen and oxygen atoms in total. The van der Waals surface area contributed by atoms with Crippen LogP contribution in [0, 0.1) is 0 Å². The van der Waals surface area contributed by atoms with Gasteiger partial charge in [-0.15, -0.1) is 6.58 Å². The number of cyclic esters (lactones) is 1. The average Bonchev–Trinajstić information content (AvgIpc) is 2.80. The lowest BCUT2D eigenvalue weighted by Gasteiger charge is -2.21. The lowest BCUT2D eigenvalue weighted by atomic mass is 10.1. The Kier molecular flexibility index (Phi) is 4.95. The number of carbonyl (C=O) groups is 2. The quantitative estimate of drug-likeness (QED) is 0.613. The third-order valence-electron chi connectivity index (χ3n) is 3.15. The highest BCUT2D eigenvalue weighted by Crippen LogP contribution is 2.21. The number of rotatable bonds is 5. The molecule has 0 radical (unpaired) electrons. The van der Waals surface area contributed by atoms with Gasteiger partial charge in [0.25, 0.3) is 0 Å². The molecule has 0 N–H and O–H groups in total. The van der Waals surface area contributed by atoms with Crippen molar-refractivity contribution in [3.63, 3.8) is 0 Å². The van der Waals surface area contributed by atoms with Gasteiger partial charge < -0.3 is 4.74 Å². The van der Waals surface area contributed by atoms with Crippen molar-refractivity contribution in [2.24, 2.45) is 0 Å². The standard InChI is InChI=1S/C15H16BrNO3/c1-2-6-13(16)14(18)17-12(10-20-15(17)19)9-11-7-4-3-5-8-11/h2-5,7-8,12-13H,1,6,9-10H2/t12-,13-/m0/s1.